The molecule has 1 aromatic carbocycles. The minimum atomic E-state index is -2.35. The van der Waals surface area contributed by atoms with E-state index in [1.54, 1.807) is 0 Å². The van der Waals surface area contributed by atoms with Gasteiger partial charge in [-0.1, -0.05) is 12.1 Å². The number of para-hydroxylation sites is 2. The van der Waals surface area contributed by atoms with Crippen molar-refractivity contribution in [3.8, 4) is 11.5 Å². The van der Waals surface area contributed by atoms with Crippen LogP contribution in [-0.2, 0) is 15.2 Å². The van der Waals surface area contributed by atoms with Crippen LogP contribution in [0, 0.1) is 0 Å². The summed E-state index contributed by atoms with van der Waals surface area (Å²) in [5.41, 5.74) is 0. The fourth-order valence-electron chi connectivity index (χ4n) is 1.92. The average molecular weight is 398 g/mol. The molecular formula is C18H32Al2O6. The zero-order valence-corrected chi connectivity index (χ0v) is 19.5. The minimum Gasteiger partial charge on any atom is -0.596 e. The highest BCUT2D eigenvalue weighted by Gasteiger charge is 2.41. The first kappa shape index (κ1) is 23.8. The van der Waals surface area contributed by atoms with E-state index >= 15 is 0 Å². The van der Waals surface area contributed by atoms with Crippen molar-refractivity contribution in [2.75, 3.05) is 0 Å². The normalized spacial score (nSPS) is 11.5. The molecule has 1 aromatic rings. The number of rotatable bonds is 12. The van der Waals surface area contributed by atoms with Crippen molar-refractivity contribution in [3.63, 3.8) is 0 Å². The molecule has 0 amide bonds. The van der Waals surface area contributed by atoms with Crippen molar-refractivity contribution in [1.29, 1.82) is 0 Å². The summed E-state index contributed by atoms with van der Waals surface area (Å²) in [5.74, 6) is 1.17. The van der Waals surface area contributed by atoms with Crippen molar-refractivity contribution in [2.45, 2.75) is 79.8 Å². The molecule has 26 heavy (non-hydrogen) atoms. The lowest BCUT2D eigenvalue weighted by atomic mass is 10.3. The van der Waals surface area contributed by atoms with Gasteiger partial charge in [0.25, 0.3) is 0 Å². The highest BCUT2D eigenvalue weighted by molar-refractivity contribution is 6.38. The Morgan fingerprint density at radius 2 is 0.808 bits per heavy atom. The largest absolute Gasteiger partial charge is 1.00 e. The van der Waals surface area contributed by atoms with Gasteiger partial charge in [0, 0.05) is 24.4 Å². The number of hydrogen-bond donors (Lipinski definition) is 0. The zero-order valence-electron chi connectivity index (χ0n) is 17.2. The molecule has 0 aliphatic carbocycles. The quantitative estimate of drug-likeness (QED) is 0.494. The first-order valence-electron chi connectivity index (χ1n) is 9.21. The van der Waals surface area contributed by atoms with Crippen LogP contribution in [0.5, 0.6) is 11.5 Å². The highest BCUT2D eigenvalue weighted by Crippen LogP contribution is 2.28. The van der Waals surface area contributed by atoms with Crippen LogP contribution in [0.25, 0.3) is 0 Å². The van der Waals surface area contributed by atoms with Crippen LogP contribution in [0.3, 0.4) is 0 Å². The van der Waals surface area contributed by atoms with Crippen molar-refractivity contribution < 1.29 is 22.7 Å². The van der Waals surface area contributed by atoms with Crippen LogP contribution in [0.15, 0.2) is 24.3 Å². The molecule has 0 saturated heterocycles. The molecule has 0 fully saturated rings. The standard InChI is InChI=1S/C6H6O2.4C3H7O.2Al/c7-5-3-1-2-4-6(5)8;4*1-3(2)4;;/h1-4,7-8H;4*3H,1-2H3;;/q;4*-1;2*+3/p-2. The van der Waals surface area contributed by atoms with Crippen molar-refractivity contribution in [2.24, 2.45) is 0 Å². The van der Waals surface area contributed by atoms with E-state index in [4.69, 9.17) is 22.7 Å². The molecule has 0 aliphatic rings. The summed E-state index contributed by atoms with van der Waals surface area (Å²) >= 11 is -4.71. The Bertz CT molecular complexity index is 445. The topological polar surface area (TPSA) is 55.4 Å². The van der Waals surface area contributed by atoms with Gasteiger partial charge >= 0.3 is 30.3 Å². The highest BCUT2D eigenvalue weighted by atomic mass is 27.3. The van der Waals surface area contributed by atoms with E-state index in [9.17, 15) is 0 Å². The molecular weight excluding hydrogens is 366 g/mol. The number of hydrogen-bond acceptors (Lipinski definition) is 6. The minimum absolute atomic E-state index is 0.0224. The van der Waals surface area contributed by atoms with Crippen LogP contribution in [0.2, 0.25) is 0 Å². The lowest BCUT2D eigenvalue weighted by Gasteiger charge is -2.23. The molecule has 146 valence electrons. The second-order valence-electron chi connectivity index (χ2n) is 7.00. The van der Waals surface area contributed by atoms with Crippen LogP contribution in [0.4, 0.5) is 0 Å². The Kier molecular flexibility index (Phi) is 11.2. The Morgan fingerprint density at radius 1 is 0.538 bits per heavy atom. The monoisotopic (exact) mass is 398 g/mol. The van der Waals surface area contributed by atoms with E-state index in [-0.39, 0.29) is 24.4 Å². The molecule has 0 N–H and O–H groups in total. The third-order valence-corrected chi connectivity index (χ3v) is 6.79. The maximum Gasteiger partial charge on any atom is 1.00 e. The van der Waals surface area contributed by atoms with Crippen LogP contribution < -0.4 is 7.58 Å². The summed E-state index contributed by atoms with van der Waals surface area (Å²) in [6.45, 7) is 15.7. The molecule has 0 spiro atoms. The molecule has 8 heteroatoms. The van der Waals surface area contributed by atoms with E-state index < -0.39 is 30.3 Å². The van der Waals surface area contributed by atoms with E-state index in [0.717, 1.165) is 0 Å². The second-order valence-corrected chi connectivity index (χ2v) is 9.71. The first-order valence-corrected chi connectivity index (χ1v) is 12.0. The lowest BCUT2D eigenvalue weighted by molar-refractivity contribution is 0.0772. The lowest BCUT2D eigenvalue weighted by Crippen LogP contribution is -2.37. The summed E-state index contributed by atoms with van der Waals surface area (Å²) < 4.78 is 35.5. The molecule has 1 rings (SSSR count). The first-order chi connectivity index (χ1) is 12.2. The van der Waals surface area contributed by atoms with E-state index in [0.29, 0.717) is 11.5 Å². The third kappa shape index (κ3) is 10.2. The SMILES string of the molecule is CC(C)[O][Al]([O]c1ccccc1[O][Al]([O]C(C)C)[O]C(C)C)[O]C(C)C. The smallest absolute Gasteiger partial charge is 0.596 e. The molecule has 0 atom stereocenters. The molecule has 0 heterocycles. The van der Waals surface area contributed by atoms with Crippen molar-refractivity contribution >= 4 is 30.3 Å². The van der Waals surface area contributed by atoms with Gasteiger partial charge in [0.1, 0.15) is 11.5 Å². The van der Waals surface area contributed by atoms with Gasteiger partial charge in [0.05, 0.1) is 0 Å². The molecule has 0 unspecified atom stereocenters. The molecule has 0 radical (unpaired) electrons. The van der Waals surface area contributed by atoms with Crippen LogP contribution in [0.1, 0.15) is 55.4 Å². The molecule has 0 aromatic heterocycles. The summed E-state index contributed by atoms with van der Waals surface area (Å²) in [5, 5.41) is 0. The zero-order chi connectivity index (χ0) is 19.7. The second kappa shape index (κ2) is 12.2. The molecule has 0 saturated carbocycles. The van der Waals surface area contributed by atoms with Gasteiger partial charge in [-0.05, 0) is 67.5 Å². The Hall–Kier alpha value is -0.275. The van der Waals surface area contributed by atoms with Gasteiger partial charge in [-0.15, -0.1) is 0 Å². The third-order valence-electron chi connectivity index (χ3n) is 2.83. The van der Waals surface area contributed by atoms with Crippen LogP contribution in [-0.4, -0.2) is 54.7 Å². The van der Waals surface area contributed by atoms with Gasteiger partial charge in [0.15, 0.2) is 0 Å². The summed E-state index contributed by atoms with van der Waals surface area (Å²) in [6, 6.07) is 7.47. The summed E-state index contributed by atoms with van der Waals surface area (Å²) in [7, 11) is 0. The summed E-state index contributed by atoms with van der Waals surface area (Å²) in [4.78, 5) is 0. The molecule has 0 aliphatic heterocycles. The predicted molar refractivity (Wildman–Crippen MR) is 104 cm³/mol. The van der Waals surface area contributed by atoms with Crippen molar-refractivity contribution in [3.05, 3.63) is 24.3 Å². The average Bonchev–Trinajstić information content (AvgIpc) is 2.46. The maximum atomic E-state index is 6.06. The fraction of sp³-hybridized carbons (Fsp3) is 0.667. The molecule has 6 nitrogen and oxygen atoms in total. The van der Waals surface area contributed by atoms with E-state index in [1.165, 1.54) is 0 Å². The van der Waals surface area contributed by atoms with Gasteiger partial charge in [-0.2, -0.15) is 0 Å². The Balaban J connectivity index is 2.92. The van der Waals surface area contributed by atoms with Crippen LogP contribution >= 0.6 is 0 Å². The van der Waals surface area contributed by atoms with Crippen molar-refractivity contribution in [1.82, 2.24) is 0 Å². The molecule has 0 bridgehead atoms. The van der Waals surface area contributed by atoms with Gasteiger partial charge in [0.2, 0.25) is 0 Å². The number of benzene rings is 1. The van der Waals surface area contributed by atoms with Gasteiger partial charge < -0.3 is 22.7 Å². The predicted octanol–water partition coefficient (Wildman–Crippen LogP) is 4.11. The van der Waals surface area contributed by atoms with E-state index in [2.05, 4.69) is 0 Å². The Morgan fingerprint density at radius 3 is 1.04 bits per heavy atom. The Labute approximate surface area is 168 Å². The van der Waals surface area contributed by atoms with Gasteiger partial charge in [-0.25, -0.2) is 0 Å². The summed E-state index contributed by atoms with van der Waals surface area (Å²) in [6.07, 6.45) is 0.0895. The van der Waals surface area contributed by atoms with E-state index in [1.807, 2.05) is 79.7 Å². The maximum absolute atomic E-state index is 6.06. The fourth-order valence-corrected chi connectivity index (χ4v) is 4.85. The van der Waals surface area contributed by atoms with Gasteiger partial charge in [-0.3, -0.25) is 0 Å².